The van der Waals surface area contributed by atoms with Crippen LogP contribution in [0.4, 0.5) is 0 Å². The molecular formula is C65H124N2O6P+. The SMILES string of the molecule is CCCCCCCCCCC/C=C\C/C=C\CCCCCCCCCCCCCCCCCCCC(=O)NC(COP(=O)(O)OCC[N+](C)(C)C)C(O)/C=C/CC/C=C/CC/C=C/CCCCCCCCCCC. The Morgan fingerprint density at radius 3 is 1.16 bits per heavy atom. The zero-order valence-electron chi connectivity index (χ0n) is 49.6. The maximum atomic E-state index is 13.0. The molecule has 0 radical (unpaired) electrons. The maximum absolute atomic E-state index is 13.0. The van der Waals surface area contributed by atoms with Gasteiger partial charge in [0.05, 0.1) is 39.9 Å². The summed E-state index contributed by atoms with van der Waals surface area (Å²) in [4.78, 5) is 23.3. The minimum Gasteiger partial charge on any atom is -0.387 e. The van der Waals surface area contributed by atoms with E-state index in [1.165, 1.54) is 225 Å². The first-order valence-corrected chi connectivity index (χ1v) is 33.2. The molecular weight excluding hydrogens is 936 g/mol. The normalized spacial score (nSPS) is 14.2. The highest BCUT2D eigenvalue weighted by molar-refractivity contribution is 7.47. The molecule has 0 heterocycles. The zero-order chi connectivity index (χ0) is 54.2. The molecule has 434 valence electrons. The maximum Gasteiger partial charge on any atom is 0.472 e. The van der Waals surface area contributed by atoms with E-state index in [1.807, 2.05) is 27.2 Å². The number of nitrogens with one attached hydrogen (secondary N) is 1. The second kappa shape index (κ2) is 55.9. The van der Waals surface area contributed by atoms with Crippen LogP contribution in [0.25, 0.3) is 0 Å². The van der Waals surface area contributed by atoms with E-state index >= 15 is 0 Å². The Bertz CT molecular complexity index is 1390. The number of aliphatic hydroxyl groups is 1. The van der Waals surface area contributed by atoms with E-state index in [-0.39, 0.29) is 19.1 Å². The van der Waals surface area contributed by atoms with Crippen molar-refractivity contribution in [2.75, 3.05) is 40.9 Å². The lowest BCUT2D eigenvalue weighted by atomic mass is 10.0. The molecule has 1 amide bonds. The van der Waals surface area contributed by atoms with Crippen LogP contribution in [0.3, 0.4) is 0 Å². The third-order valence-electron chi connectivity index (χ3n) is 14.2. The van der Waals surface area contributed by atoms with Gasteiger partial charge in [0.2, 0.25) is 5.91 Å². The van der Waals surface area contributed by atoms with E-state index in [0.717, 1.165) is 51.4 Å². The lowest BCUT2D eigenvalue weighted by Gasteiger charge is -2.25. The van der Waals surface area contributed by atoms with Crippen LogP contribution in [0.1, 0.15) is 296 Å². The summed E-state index contributed by atoms with van der Waals surface area (Å²) in [6.07, 6.45) is 76.4. The van der Waals surface area contributed by atoms with E-state index in [4.69, 9.17) is 9.05 Å². The number of amides is 1. The second-order valence-corrected chi connectivity index (χ2v) is 24.2. The summed E-state index contributed by atoms with van der Waals surface area (Å²) in [5, 5.41) is 13.9. The molecule has 9 heteroatoms. The predicted octanol–water partition coefficient (Wildman–Crippen LogP) is 19.7. The van der Waals surface area contributed by atoms with Gasteiger partial charge in [0.15, 0.2) is 0 Å². The van der Waals surface area contributed by atoms with Gasteiger partial charge in [-0.2, -0.15) is 0 Å². The quantitative estimate of drug-likeness (QED) is 0.0243. The molecule has 3 N–H and O–H groups in total. The number of phosphoric acid groups is 1. The molecule has 0 spiro atoms. The molecule has 8 nitrogen and oxygen atoms in total. The minimum atomic E-state index is -4.36. The number of likely N-dealkylation sites (N-methyl/N-ethyl adjacent to an activating group) is 1. The standard InChI is InChI=1S/C65H123N2O6P/c1-6-8-10-12-14-16-18-20-22-24-26-27-28-29-30-31-32-33-34-35-36-37-38-39-41-43-45-47-49-51-53-55-57-59-65(69)66-63(62-73-74(70,71)72-61-60-67(3,4)5)64(68)58-56-54-52-50-48-46-44-42-40-25-23-21-19-17-15-13-11-9-7-2/h26-27,29-30,40,42,48,50,56,58,63-64,68H,6-25,28,31-39,41,43-47,49,51-55,57,59-62H2,1-5H3,(H-,66,69,70,71)/p+1/b27-26-,30-29-,42-40+,50-48+,58-56+. The van der Waals surface area contributed by atoms with Gasteiger partial charge in [-0.1, -0.05) is 274 Å². The first kappa shape index (κ1) is 72.2. The van der Waals surface area contributed by atoms with Gasteiger partial charge in [-0.25, -0.2) is 4.57 Å². The largest absolute Gasteiger partial charge is 0.472 e. The third-order valence-corrected chi connectivity index (χ3v) is 15.2. The van der Waals surface area contributed by atoms with Gasteiger partial charge < -0.3 is 19.8 Å². The third kappa shape index (κ3) is 57.9. The van der Waals surface area contributed by atoms with Crippen LogP contribution in [0.15, 0.2) is 60.8 Å². The fraction of sp³-hybridized carbons (Fsp3) is 0.831. The molecule has 0 aromatic heterocycles. The van der Waals surface area contributed by atoms with Crippen LogP contribution in [-0.4, -0.2) is 73.4 Å². The monoisotopic (exact) mass is 1060 g/mol. The zero-order valence-corrected chi connectivity index (χ0v) is 50.5. The van der Waals surface area contributed by atoms with Crippen LogP contribution in [0.5, 0.6) is 0 Å². The van der Waals surface area contributed by atoms with Gasteiger partial charge >= 0.3 is 7.82 Å². The molecule has 0 aromatic carbocycles. The molecule has 0 saturated heterocycles. The van der Waals surface area contributed by atoms with E-state index in [0.29, 0.717) is 17.4 Å². The Morgan fingerprint density at radius 2 is 0.784 bits per heavy atom. The molecule has 0 bridgehead atoms. The Kier molecular flexibility index (Phi) is 54.6. The average molecular weight is 1060 g/mol. The Labute approximate surface area is 460 Å². The average Bonchev–Trinajstić information content (AvgIpc) is 3.36. The topological polar surface area (TPSA) is 105 Å². The number of nitrogens with zero attached hydrogens (tertiary/aromatic N) is 1. The molecule has 3 atom stereocenters. The van der Waals surface area contributed by atoms with Crippen LogP contribution in [0.2, 0.25) is 0 Å². The van der Waals surface area contributed by atoms with E-state index < -0.39 is 20.0 Å². The van der Waals surface area contributed by atoms with Crippen LogP contribution in [-0.2, 0) is 18.4 Å². The van der Waals surface area contributed by atoms with Crippen LogP contribution >= 0.6 is 7.82 Å². The Hall–Kier alpha value is -1.80. The van der Waals surface area contributed by atoms with Crippen molar-refractivity contribution in [3.8, 4) is 0 Å². The molecule has 0 aliphatic heterocycles. The van der Waals surface area contributed by atoms with E-state index in [1.54, 1.807) is 6.08 Å². The first-order valence-electron chi connectivity index (χ1n) is 31.7. The van der Waals surface area contributed by atoms with Crippen molar-refractivity contribution < 1.29 is 32.9 Å². The highest BCUT2D eigenvalue weighted by Gasteiger charge is 2.27. The molecule has 0 rings (SSSR count). The molecule has 0 saturated carbocycles. The second-order valence-electron chi connectivity index (χ2n) is 22.8. The summed E-state index contributed by atoms with van der Waals surface area (Å²) in [5.41, 5.74) is 0. The summed E-state index contributed by atoms with van der Waals surface area (Å²) in [6.45, 7) is 4.81. The predicted molar refractivity (Wildman–Crippen MR) is 323 cm³/mol. The number of unbranched alkanes of at least 4 members (excludes halogenated alkanes) is 37. The number of carbonyl (C=O) groups excluding carboxylic acids is 1. The highest BCUT2D eigenvalue weighted by Crippen LogP contribution is 2.43. The lowest BCUT2D eigenvalue weighted by molar-refractivity contribution is -0.870. The number of allylic oxidation sites excluding steroid dienone is 9. The summed E-state index contributed by atoms with van der Waals surface area (Å²) in [7, 11) is 1.55. The van der Waals surface area contributed by atoms with Crippen molar-refractivity contribution in [1.29, 1.82) is 0 Å². The summed E-state index contributed by atoms with van der Waals surface area (Å²) in [6, 6.07) is -0.871. The summed E-state index contributed by atoms with van der Waals surface area (Å²) < 4.78 is 23.7. The summed E-state index contributed by atoms with van der Waals surface area (Å²) in [5.74, 6) is -0.188. The van der Waals surface area contributed by atoms with Crippen molar-refractivity contribution >= 4 is 13.7 Å². The Morgan fingerprint density at radius 1 is 0.459 bits per heavy atom. The number of hydrogen-bond donors (Lipinski definition) is 3. The molecule has 0 aliphatic carbocycles. The number of carbonyl (C=O) groups is 1. The fourth-order valence-electron chi connectivity index (χ4n) is 9.22. The number of rotatable bonds is 58. The van der Waals surface area contributed by atoms with Gasteiger partial charge in [-0.15, -0.1) is 0 Å². The van der Waals surface area contributed by atoms with Crippen molar-refractivity contribution in [1.82, 2.24) is 5.32 Å². The van der Waals surface area contributed by atoms with Gasteiger partial charge in [0.1, 0.15) is 13.2 Å². The van der Waals surface area contributed by atoms with Gasteiger partial charge in [0.25, 0.3) is 0 Å². The number of quaternary nitrogens is 1. The number of phosphoric ester groups is 1. The smallest absolute Gasteiger partial charge is 0.387 e. The highest BCUT2D eigenvalue weighted by atomic mass is 31.2. The molecule has 0 aliphatic rings. The van der Waals surface area contributed by atoms with E-state index in [9.17, 15) is 19.4 Å². The fourth-order valence-corrected chi connectivity index (χ4v) is 9.96. The van der Waals surface area contributed by atoms with Crippen LogP contribution in [0, 0.1) is 0 Å². The molecule has 0 fully saturated rings. The van der Waals surface area contributed by atoms with Crippen molar-refractivity contribution in [3.05, 3.63) is 60.8 Å². The summed E-state index contributed by atoms with van der Waals surface area (Å²) >= 11 is 0. The van der Waals surface area contributed by atoms with Gasteiger partial charge in [-0.05, 0) is 77.0 Å². The van der Waals surface area contributed by atoms with Gasteiger partial charge in [0, 0.05) is 6.42 Å². The number of aliphatic hydroxyl groups excluding tert-OH is 1. The Balaban J connectivity index is 4.11. The van der Waals surface area contributed by atoms with E-state index in [2.05, 4.69) is 67.8 Å². The molecule has 0 aromatic rings. The van der Waals surface area contributed by atoms with Crippen molar-refractivity contribution in [3.63, 3.8) is 0 Å². The van der Waals surface area contributed by atoms with Gasteiger partial charge in [-0.3, -0.25) is 13.8 Å². The first-order chi connectivity index (χ1) is 36.0. The number of hydrogen-bond acceptors (Lipinski definition) is 5. The molecule has 3 unspecified atom stereocenters. The minimum absolute atomic E-state index is 0.0530. The molecule has 74 heavy (non-hydrogen) atoms. The van der Waals surface area contributed by atoms with Crippen molar-refractivity contribution in [2.24, 2.45) is 0 Å². The lowest BCUT2D eigenvalue weighted by Crippen LogP contribution is -2.45. The van der Waals surface area contributed by atoms with Crippen molar-refractivity contribution in [2.45, 2.75) is 309 Å². The van der Waals surface area contributed by atoms with Crippen LogP contribution < -0.4 is 5.32 Å².